The Bertz CT molecular complexity index is 521. The first-order chi connectivity index (χ1) is 10.7. The maximum atomic E-state index is 12.6. The van der Waals surface area contributed by atoms with E-state index >= 15 is 0 Å². The van der Waals surface area contributed by atoms with Crippen LogP contribution in [0.2, 0.25) is 0 Å². The Morgan fingerprint density at radius 1 is 1.23 bits per heavy atom. The molecule has 0 bridgehead atoms. The summed E-state index contributed by atoms with van der Waals surface area (Å²) in [6, 6.07) is 7.21. The molecule has 0 aliphatic carbocycles. The number of benzene rings is 1. The fourth-order valence-electron chi connectivity index (χ4n) is 2.63. The van der Waals surface area contributed by atoms with Crippen molar-refractivity contribution in [1.29, 1.82) is 0 Å². The minimum Gasteiger partial charge on any atom is -0.496 e. The predicted octanol–water partition coefficient (Wildman–Crippen LogP) is 2.50. The van der Waals surface area contributed by atoms with Gasteiger partial charge in [-0.1, -0.05) is 19.1 Å². The highest BCUT2D eigenvalue weighted by Gasteiger charge is 2.29. The fraction of sp³-hybridized carbons (Fsp3) is 0.529. The second-order valence-corrected chi connectivity index (χ2v) is 5.43. The maximum absolute atomic E-state index is 12.6. The van der Waals surface area contributed by atoms with Gasteiger partial charge < -0.3 is 14.4 Å². The molecule has 0 saturated carbocycles. The highest BCUT2D eigenvalue weighted by Crippen LogP contribution is 2.24. The summed E-state index contributed by atoms with van der Waals surface area (Å²) in [4.78, 5) is 26.2. The van der Waals surface area contributed by atoms with E-state index in [1.807, 2.05) is 19.1 Å². The molecule has 1 heterocycles. The molecule has 0 radical (unpaired) electrons. The van der Waals surface area contributed by atoms with Crippen molar-refractivity contribution in [3.8, 4) is 5.75 Å². The van der Waals surface area contributed by atoms with Crippen LogP contribution in [0.3, 0.4) is 0 Å². The SMILES string of the molecule is CCCOC(=O)C1CCN(C(=O)c2ccccc2OC)CC1. The number of nitrogens with zero attached hydrogens (tertiary/aromatic N) is 1. The summed E-state index contributed by atoms with van der Waals surface area (Å²) >= 11 is 0. The lowest BCUT2D eigenvalue weighted by Gasteiger charge is -2.31. The minimum absolute atomic E-state index is 0.0437. The summed E-state index contributed by atoms with van der Waals surface area (Å²) in [5.74, 6) is 0.314. The van der Waals surface area contributed by atoms with Crippen LogP contribution in [0.4, 0.5) is 0 Å². The highest BCUT2D eigenvalue weighted by molar-refractivity contribution is 5.97. The molecular weight excluding hydrogens is 282 g/mol. The molecular formula is C17H23NO4. The molecule has 1 amide bonds. The molecule has 0 atom stereocenters. The fourth-order valence-corrected chi connectivity index (χ4v) is 2.63. The van der Waals surface area contributed by atoms with E-state index in [1.165, 1.54) is 0 Å². The first-order valence-corrected chi connectivity index (χ1v) is 7.76. The zero-order valence-corrected chi connectivity index (χ0v) is 13.2. The highest BCUT2D eigenvalue weighted by atomic mass is 16.5. The summed E-state index contributed by atoms with van der Waals surface area (Å²) in [6.07, 6.45) is 2.14. The van der Waals surface area contributed by atoms with Gasteiger partial charge in [-0.25, -0.2) is 0 Å². The number of esters is 1. The van der Waals surface area contributed by atoms with Gasteiger partial charge >= 0.3 is 5.97 Å². The number of hydrogen-bond donors (Lipinski definition) is 0. The normalized spacial score (nSPS) is 15.5. The number of rotatable bonds is 5. The summed E-state index contributed by atoms with van der Waals surface area (Å²) in [5.41, 5.74) is 0.567. The Morgan fingerprint density at radius 2 is 1.91 bits per heavy atom. The first-order valence-electron chi connectivity index (χ1n) is 7.76. The lowest BCUT2D eigenvalue weighted by Crippen LogP contribution is -2.40. The van der Waals surface area contributed by atoms with E-state index in [1.54, 1.807) is 24.1 Å². The number of methoxy groups -OCH3 is 1. The molecule has 120 valence electrons. The molecule has 22 heavy (non-hydrogen) atoms. The number of carbonyl (C=O) groups excluding carboxylic acids is 2. The second kappa shape index (κ2) is 7.82. The van der Waals surface area contributed by atoms with E-state index < -0.39 is 0 Å². The third-order valence-electron chi connectivity index (χ3n) is 3.90. The van der Waals surface area contributed by atoms with Crippen molar-refractivity contribution in [1.82, 2.24) is 4.90 Å². The molecule has 1 aromatic rings. The topological polar surface area (TPSA) is 55.8 Å². The van der Waals surface area contributed by atoms with E-state index in [2.05, 4.69) is 0 Å². The molecule has 5 heteroatoms. The van der Waals surface area contributed by atoms with Gasteiger partial charge in [0.15, 0.2) is 0 Å². The maximum Gasteiger partial charge on any atom is 0.309 e. The van der Waals surface area contributed by atoms with Gasteiger partial charge in [-0.3, -0.25) is 9.59 Å². The lowest BCUT2D eigenvalue weighted by atomic mass is 9.96. The van der Waals surface area contributed by atoms with E-state index in [0.717, 1.165) is 6.42 Å². The van der Waals surface area contributed by atoms with Gasteiger partial charge in [-0.05, 0) is 31.4 Å². The van der Waals surface area contributed by atoms with Gasteiger partial charge in [0.05, 0.1) is 25.2 Å². The van der Waals surface area contributed by atoms with Crippen molar-refractivity contribution in [2.45, 2.75) is 26.2 Å². The van der Waals surface area contributed by atoms with Crippen molar-refractivity contribution in [3.63, 3.8) is 0 Å². The number of carbonyl (C=O) groups is 2. The largest absolute Gasteiger partial charge is 0.496 e. The average molecular weight is 305 g/mol. The molecule has 0 spiro atoms. The van der Waals surface area contributed by atoms with Crippen LogP contribution in [0.15, 0.2) is 24.3 Å². The monoisotopic (exact) mass is 305 g/mol. The van der Waals surface area contributed by atoms with E-state index in [9.17, 15) is 9.59 Å². The molecule has 0 aromatic heterocycles. The van der Waals surface area contributed by atoms with Crippen molar-refractivity contribution in [2.24, 2.45) is 5.92 Å². The number of likely N-dealkylation sites (tertiary alicyclic amines) is 1. The van der Waals surface area contributed by atoms with Crippen LogP contribution >= 0.6 is 0 Å². The molecule has 0 unspecified atom stereocenters. The van der Waals surface area contributed by atoms with Crippen molar-refractivity contribution >= 4 is 11.9 Å². The summed E-state index contributed by atoms with van der Waals surface area (Å²) in [7, 11) is 1.56. The lowest BCUT2D eigenvalue weighted by molar-refractivity contribution is -0.150. The molecule has 1 fully saturated rings. The molecule has 5 nitrogen and oxygen atoms in total. The molecule has 2 rings (SSSR count). The quantitative estimate of drug-likeness (QED) is 0.784. The zero-order valence-electron chi connectivity index (χ0n) is 13.2. The number of para-hydroxylation sites is 1. The first kappa shape index (κ1) is 16.3. The van der Waals surface area contributed by atoms with E-state index in [0.29, 0.717) is 43.9 Å². The summed E-state index contributed by atoms with van der Waals surface area (Å²) in [5, 5.41) is 0. The molecule has 0 N–H and O–H groups in total. The second-order valence-electron chi connectivity index (χ2n) is 5.43. The summed E-state index contributed by atoms with van der Waals surface area (Å²) in [6.45, 7) is 3.59. The molecule has 1 aromatic carbocycles. The van der Waals surface area contributed by atoms with Crippen molar-refractivity contribution < 1.29 is 19.1 Å². The summed E-state index contributed by atoms with van der Waals surface area (Å²) < 4.78 is 10.4. The Morgan fingerprint density at radius 3 is 2.55 bits per heavy atom. The minimum atomic E-state index is -0.133. The van der Waals surface area contributed by atoms with Crippen molar-refractivity contribution in [3.05, 3.63) is 29.8 Å². The molecule has 1 aliphatic heterocycles. The molecule has 1 aliphatic rings. The Labute approximate surface area is 131 Å². The van der Waals surface area contributed by atoms with Gasteiger partial charge in [0, 0.05) is 13.1 Å². The van der Waals surface area contributed by atoms with E-state index in [-0.39, 0.29) is 17.8 Å². The van der Waals surface area contributed by atoms with Crippen LogP contribution in [0.25, 0.3) is 0 Å². The average Bonchev–Trinajstić information content (AvgIpc) is 2.59. The molecule has 1 saturated heterocycles. The number of hydrogen-bond acceptors (Lipinski definition) is 4. The van der Waals surface area contributed by atoms with Gasteiger partial charge in [-0.15, -0.1) is 0 Å². The van der Waals surface area contributed by atoms with Crippen LogP contribution in [-0.4, -0.2) is 43.6 Å². The van der Waals surface area contributed by atoms with Gasteiger partial charge in [0.25, 0.3) is 5.91 Å². The van der Waals surface area contributed by atoms with Gasteiger partial charge in [-0.2, -0.15) is 0 Å². The van der Waals surface area contributed by atoms with E-state index in [4.69, 9.17) is 9.47 Å². The third-order valence-corrected chi connectivity index (χ3v) is 3.90. The standard InChI is InChI=1S/C17H23NO4/c1-3-12-22-17(20)13-8-10-18(11-9-13)16(19)14-6-4-5-7-15(14)21-2/h4-7,13H,3,8-12H2,1-2H3. The van der Waals surface area contributed by atoms with Crippen LogP contribution in [0.5, 0.6) is 5.75 Å². The van der Waals surface area contributed by atoms with Gasteiger partial charge in [0.1, 0.15) is 5.75 Å². The number of amides is 1. The van der Waals surface area contributed by atoms with Crippen LogP contribution < -0.4 is 4.74 Å². The predicted molar refractivity (Wildman–Crippen MR) is 82.9 cm³/mol. The zero-order chi connectivity index (χ0) is 15.9. The Kier molecular flexibility index (Phi) is 5.81. The smallest absolute Gasteiger partial charge is 0.309 e. The van der Waals surface area contributed by atoms with Crippen molar-refractivity contribution in [2.75, 3.05) is 26.8 Å². The number of piperidine rings is 1. The number of ether oxygens (including phenoxy) is 2. The van der Waals surface area contributed by atoms with Crippen LogP contribution in [0.1, 0.15) is 36.5 Å². The van der Waals surface area contributed by atoms with Crippen LogP contribution in [-0.2, 0) is 9.53 Å². The third kappa shape index (κ3) is 3.78. The van der Waals surface area contributed by atoms with Crippen LogP contribution in [0, 0.1) is 5.92 Å². The Balaban J connectivity index is 1.94. The van der Waals surface area contributed by atoms with Gasteiger partial charge in [0.2, 0.25) is 0 Å². The Hall–Kier alpha value is -2.04.